The van der Waals surface area contributed by atoms with Gasteiger partial charge in [0.15, 0.2) is 0 Å². The molecule has 1 heterocycles. The van der Waals surface area contributed by atoms with Gasteiger partial charge in [-0.2, -0.15) is 0 Å². The van der Waals surface area contributed by atoms with Crippen LogP contribution in [0.1, 0.15) is 0 Å². The van der Waals surface area contributed by atoms with E-state index < -0.39 is 0 Å². The van der Waals surface area contributed by atoms with Crippen LogP contribution in [0.4, 0.5) is 79.6 Å². The average molecular weight is 736 g/mol. The highest BCUT2D eigenvalue weighted by Crippen LogP contribution is 2.38. The van der Waals surface area contributed by atoms with Gasteiger partial charge in [0.05, 0.1) is 0 Å². The summed E-state index contributed by atoms with van der Waals surface area (Å²) in [6, 6.07) is 61.1. The van der Waals surface area contributed by atoms with E-state index in [0.29, 0.717) is 0 Å². The van der Waals surface area contributed by atoms with Crippen molar-refractivity contribution in [2.24, 2.45) is 0 Å². The lowest BCUT2D eigenvalue weighted by Gasteiger charge is -2.28. The van der Waals surface area contributed by atoms with Crippen LogP contribution in [0.5, 0.6) is 0 Å². The normalized spacial score (nSPS) is 13.4. The lowest BCUT2D eigenvalue weighted by Crippen LogP contribution is -2.16. The maximum atomic E-state index is 2.25. The van der Waals surface area contributed by atoms with E-state index in [2.05, 4.69) is 253 Å². The second-order valence-electron chi connectivity index (χ2n) is 14.6. The molecular formula is C49H49N7. The average Bonchev–Trinajstić information content (AvgIpc) is 3.27. The number of hydrogen-bond acceptors (Lipinski definition) is 7. The summed E-state index contributed by atoms with van der Waals surface area (Å²) < 4.78 is 0. The third kappa shape index (κ3) is 7.07. The zero-order valence-electron chi connectivity index (χ0n) is 33.3. The first kappa shape index (κ1) is 36.1. The number of hydrogen-bond donors (Lipinski definition) is 0. The number of nitrogens with zero attached hydrogens (tertiary/aromatic N) is 7. The molecule has 0 saturated heterocycles. The second kappa shape index (κ2) is 15.1. The maximum absolute atomic E-state index is 2.25. The van der Waals surface area contributed by atoms with Crippen molar-refractivity contribution >= 4 is 79.6 Å². The summed E-state index contributed by atoms with van der Waals surface area (Å²) in [6.07, 6.45) is 0. The lowest BCUT2D eigenvalue weighted by molar-refractivity contribution is 1.15. The van der Waals surface area contributed by atoms with Gasteiger partial charge in [-0.05, 0) is 127 Å². The Labute approximate surface area is 332 Å². The molecule has 0 unspecified atom stereocenters. The Hall–Kier alpha value is -6.86. The van der Waals surface area contributed by atoms with Crippen LogP contribution in [-0.4, -0.2) is 49.3 Å². The molecule has 7 aromatic rings. The van der Waals surface area contributed by atoms with E-state index in [1.165, 1.54) is 0 Å². The van der Waals surface area contributed by atoms with Gasteiger partial charge in [-0.25, -0.2) is 0 Å². The summed E-state index contributed by atoms with van der Waals surface area (Å²) in [5, 5.41) is 0. The van der Waals surface area contributed by atoms with Crippen LogP contribution < -0.4 is 34.3 Å². The highest BCUT2D eigenvalue weighted by Gasteiger charge is 2.16. The largest absolute Gasteiger partial charge is 0.344 e. The van der Waals surface area contributed by atoms with E-state index in [1.54, 1.807) is 0 Å². The summed E-state index contributed by atoms with van der Waals surface area (Å²) in [6.45, 7) is 0. The zero-order chi connectivity index (χ0) is 38.9. The first-order chi connectivity index (χ1) is 27.1. The molecular weight excluding hydrogens is 687 g/mol. The van der Waals surface area contributed by atoms with E-state index in [9.17, 15) is 0 Å². The van der Waals surface area contributed by atoms with Crippen molar-refractivity contribution < 1.29 is 0 Å². The summed E-state index contributed by atoms with van der Waals surface area (Å²) in [5.74, 6) is 0. The Morgan fingerprint density at radius 2 is 0.268 bits per heavy atom. The van der Waals surface area contributed by atoms with Crippen molar-refractivity contribution in [1.82, 2.24) is 0 Å². The molecule has 56 heavy (non-hydrogen) atoms. The van der Waals surface area contributed by atoms with E-state index in [-0.39, 0.29) is 0 Å². The monoisotopic (exact) mass is 735 g/mol. The molecule has 0 aliphatic carbocycles. The van der Waals surface area contributed by atoms with Crippen LogP contribution >= 0.6 is 0 Å². The molecule has 8 rings (SSSR count). The van der Waals surface area contributed by atoms with Crippen LogP contribution in [0, 0.1) is 0 Å². The Kier molecular flexibility index (Phi) is 9.75. The molecule has 0 atom stereocenters. The van der Waals surface area contributed by atoms with Gasteiger partial charge < -0.3 is 34.3 Å². The molecule has 0 radical (unpaired) electrons. The highest BCUT2D eigenvalue weighted by atomic mass is 15.2. The first-order valence-corrected chi connectivity index (χ1v) is 19.0. The molecule has 0 aromatic heterocycles. The van der Waals surface area contributed by atoms with Crippen LogP contribution in [0.3, 0.4) is 0 Å². The van der Waals surface area contributed by atoms with Gasteiger partial charge in [0.1, 0.15) is 0 Å². The topological polar surface area (TPSA) is 22.7 Å². The zero-order valence-corrected chi connectivity index (χ0v) is 33.3. The van der Waals surface area contributed by atoms with Crippen molar-refractivity contribution in [2.75, 3.05) is 83.6 Å². The molecule has 0 N–H and O–H groups in total. The summed E-state index contributed by atoms with van der Waals surface area (Å²) in [7, 11) is 14.9. The Balaban J connectivity index is 1.22. The van der Waals surface area contributed by atoms with Gasteiger partial charge in [0.2, 0.25) is 0 Å². The van der Waals surface area contributed by atoms with Gasteiger partial charge in [0.25, 0.3) is 0 Å². The number of rotatable bonds is 0. The molecule has 0 fully saturated rings. The standard InChI is InChI=1S/C49H49N7/c1-50-36-15-8-17-38(29-36)51(2)40-19-10-21-42(31-40)53(4)44-23-12-25-46(33-44)55(6)48-27-14-28-49(35-48)56(7)47-26-13-24-45(34-47)54(5)43-22-11-20-41(32-43)52(3)39-18-9-16-37(50)30-39/h8-35H,1-7H3. The maximum Gasteiger partial charge on any atom is 0.0429 e. The van der Waals surface area contributed by atoms with Crippen molar-refractivity contribution in [3.63, 3.8) is 0 Å². The third-order valence-corrected chi connectivity index (χ3v) is 11.2. The molecule has 7 aromatic carbocycles. The number of benzene rings is 7. The minimum atomic E-state index is 1.11. The van der Waals surface area contributed by atoms with E-state index in [0.717, 1.165) is 79.6 Å². The van der Waals surface area contributed by atoms with Gasteiger partial charge in [0, 0.05) is 129 Å². The fraction of sp³-hybridized carbons (Fsp3) is 0.143. The predicted octanol–water partition coefficient (Wildman–Crippen LogP) is 12.4. The van der Waals surface area contributed by atoms with E-state index >= 15 is 0 Å². The van der Waals surface area contributed by atoms with E-state index in [4.69, 9.17) is 0 Å². The molecule has 7 heteroatoms. The van der Waals surface area contributed by atoms with Gasteiger partial charge in [-0.1, -0.05) is 42.5 Å². The molecule has 1 aliphatic rings. The van der Waals surface area contributed by atoms with Gasteiger partial charge in [-0.3, -0.25) is 0 Å². The van der Waals surface area contributed by atoms with Crippen LogP contribution in [0.25, 0.3) is 0 Å². The molecule has 1 aliphatic heterocycles. The van der Waals surface area contributed by atoms with Crippen LogP contribution in [0.2, 0.25) is 0 Å². The summed E-state index contributed by atoms with van der Waals surface area (Å²) in [4.78, 5) is 15.8. The quantitative estimate of drug-likeness (QED) is 0.153. The van der Waals surface area contributed by atoms with Crippen LogP contribution in [0.15, 0.2) is 170 Å². The van der Waals surface area contributed by atoms with Crippen molar-refractivity contribution in [3.8, 4) is 0 Å². The minimum Gasteiger partial charge on any atom is -0.344 e. The Bertz CT molecular complexity index is 1870. The summed E-state index contributed by atoms with van der Waals surface area (Å²) in [5.41, 5.74) is 15.5. The van der Waals surface area contributed by atoms with Crippen molar-refractivity contribution in [1.29, 1.82) is 0 Å². The highest BCUT2D eigenvalue weighted by molar-refractivity contribution is 5.80. The van der Waals surface area contributed by atoms with Gasteiger partial charge in [-0.15, -0.1) is 0 Å². The number of anilines is 14. The fourth-order valence-electron chi connectivity index (χ4n) is 7.42. The minimum absolute atomic E-state index is 1.11. The smallest absolute Gasteiger partial charge is 0.0429 e. The van der Waals surface area contributed by atoms with Gasteiger partial charge >= 0.3 is 0 Å². The molecule has 14 bridgehead atoms. The SMILES string of the molecule is CN1c2cccc(c2)N(C)c2cccc(c2)N(C)c2cccc(c2)N(C)c2cccc(c2)N(C)c2cccc(c2)N(C)c2cccc(c2)N(C)c2cccc1c2. The lowest BCUT2D eigenvalue weighted by atomic mass is 10.1. The second-order valence-corrected chi connectivity index (χ2v) is 14.6. The first-order valence-electron chi connectivity index (χ1n) is 19.0. The molecule has 7 nitrogen and oxygen atoms in total. The van der Waals surface area contributed by atoms with Crippen molar-refractivity contribution in [3.05, 3.63) is 170 Å². The van der Waals surface area contributed by atoms with Crippen molar-refractivity contribution in [2.45, 2.75) is 0 Å². The predicted molar refractivity (Wildman–Crippen MR) is 242 cm³/mol. The Morgan fingerprint density at radius 3 is 0.357 bits per heavy atom. The van der Waals surface area contributed by atoms with Crippen LogP contribution in [-0.2, 0) is 0 Å². The molecule has 0 saturated carbocycles. The summed E-state index contributed by atoms with van der Waals surface area (Å²) >= 11 is 0. The molecule has 0 amide bonds. The molecule has 280 valence electrons. The number of fused-ring (bicyclic) bond motifs is 14. The van der Waals surface area contributed by atoms with E-state index in [1.807, 2.05) is 0 Å². The molecule has 0 spiro atoms. The third-order valence-electron chi connectivity index (χ3n) is 11.2. The fourth-order valence-corrected chi connectivity index (χ4v) is 7.42. The Morgan fingerprint density at radius 1 is 0.179 bits per heavy atom.